The van der Waals surface area contributed by atoms with E-state index in [9.17, 15) is 51.4 Å². The average Bonchev–Trinajstić information content (AvgIpc) is 3.35. The number of aliphatic hydroxyl groups is 1. The molecular weight excluding hydrogens is 943 g/mol. The number of phenols is 1. The average molecular weight is 1020 g/mol. The number of carbonyl (C=O) groups is 6. The second kappa shape index (κ2) is 33.3. The fourth-order valence-corrected chi connectivity index (χ4v) is 9.31. The topological polar surface area (TPSA) is 260 Å². The quantitative estimate of drug-likeness (QED) is 0.0673. The lowest BCUT2D eigenvalue weighted by Crippen LogP contribution is -2.44. The summed E-state index contributed by atoms with van der Waals surface area (Å²) in [5.41, 5.74) is 0.761. The number of ketones is 1. The van der Waals surface area contributed by atoms with Crippen molar-refractivity contribution in [2.45, 2.75) is 151 Å². The Labute approximate surface area is 415 Å². The van der Waals surface area contributed by atoms with Crippen molar-refractivity contribution in [3.8, 4) is 5.75 Å². The zero-order valence-corrected chi connectivity index (χ0v) is 42.8. The number of benzene rings is 1. The zero-order chi connectivity index (χ0) is 53.9. The van der Waals surface area contributed by atoms with E-state index in [1.54, 1.807) is 47.4 Å². The van der Waals surface area contributed by atoms with E-state index in [4.69, 9.17) is 19.7 Å². The Morgan fingerprint density at radius 3 is 1.15 bits per heavy atom. The maximum atomic E-state index is 12.9. The van der Waals surface area contributed by atoms with E-state index in [1.165, 1.54) is 40.6 Å². The summed E-state index contributed by atoms with van der Waals surface area (Å²) in [6, 6.07) is 4.31. The molecule has 5 unspecified atom stereocenters. The van der Waals surface area contributed by atoms with Gasteiger partial charge in [-0.1, -0.05) is 12.1 Å². The molecule has 71 heavy (non-hydrogen) atoms. The van der Waals surface area contributed by atoms with Crippen LogP contribution >= 0.6 is 0 Å². The van der Waals surface area contributed by atoms with Gasteiger partial charge in [0, 0.05) is 38.5 Å². The van der Waals surface area contributed by atoms with Gasteiger partial charge < -0.3 is 60.9 Å². The Hall–Kier alpha value is -4.48. The van der Waals surface area contributed by atoms with Crippen molar-refractivity contribution >= 4 is 35.6 Å². The van der Waals surface area contributed by atoms with Crippen LogP contribution in [-0.4, -0.2) is 157 Å². The number of esters is 4. The molecule has 4 saturated carbocycles. The maximum Gasteiger partial charge on any atom is 0.327 e. The Bertz CT molecular complexity index is 1730. The van der Waals surface area contributed by atoms with Crippen LogP contribution in [0.5, 0.6) is 5.75 Å². The van der Waals surface area contributed by atoms with Crippen LogP contribution in [0, 0.1) is 23.7 Å². The van der Waals surface area contributed by atoms with E-state index in [1.807, 2.05) is 0 Å². The first-order chi connectivity index (χ1) is 33.5. The largest absolute Gasteiger partial charge is 0.508 e. The molecule has 22 heteroatoms. The van der Waals surface area contributed by atoms with Crippen molar-refractivity contribution < 1.29 is 80.6 Å². The number of rotatable bonds is 15. The van der Waals surface area contributed by atoms with Gasteiger partial charge in [-0.05, 0) is 141 Å². The molecule has 5 atom stereocenters. The molecule has 8 N–H and O–H groups in total. The molecule has 4 aliphatic rings. The van der Waals surface area contributed by atoms with E-state index < -0.39 is 35.9 Å². The van der Waals surface area contributed by atoms with Crippen molar-refractivity contribution in [2.75, 3.05) is 63.7 Å². The zero-order valence-electron chi connectivity index (χ0n) is 42.8. The number of carboxylic acid groups (broad SMARTS) is 1. The minimum atomic E-state index is -2.59. The highest BCUT2D eigenvalue weighted by atomic mass is 19.3. The number of aromatic hydroxyl groups is 1. The van der Waals surface area contributed by atoms with Crippen molar-refractivity contribution in [3.63, 3.8) is 0 Å². The number of methoxy groups -OCH3 is 4. The number of halogens is 4. The Morgan fingerprint density at radius 2 is 0.845 bits per heavy atom. The molecule has 0 aromatic heterocycles. The number of likely N-dealkylation sites (N-methyl/N-ethyl adjacent to an activating group) is 5. The van der Waals surface area contributed by atoms with Crippen molar-refractivity contribution in [2.24, 2.45) is 23.7 Å². The summed E-state index contributed by atoms with van der Waals surface area (Å²) >= 11 is 0. The molecule has 0 radical (unpaired) electrons. The number of hydrogen-bond acceptors (Lipinski definition) is 17. The molecular formula is C49H81F4N5O13. The summed E-state index contributed by atoms with van der Waals surface area (Å²) < 4.78 is 70.0. The second-order valence-corrected chi connectivity index (χ2v) is 18.1. The number of hydrogen-bond donors (Lipinski definition) is 8. The molecule has 1 aromatic carbocycles. The molecule has 4 fully saturated rings. The third-order valence-electron chi connectivity index (χ3n) is 13.6. The summed E-state index contributed by atoms with van der Waals surface area (Å²) in [4.78, 5) is 67.1. The third-order valence-corrected chi connectivity index (χ3v) is 13.6. The van der Waals surface area contributed by atoms with E-state index in [-0.39, 0.29) is 104 Å². The number of alkyl halides is 4. The van der Waals surface area contributed by atoms with E-state index >= 15 is 0 Å². The Morgan fingerprint density at radius 1 is 0.521 bits per heavy atom. The van der Waals surface area contributed by atoms with E-state index in [0.717, 1.165) is 44.1 Å². The fourth-order valence-electron chi connectivity index (χ4n) is 9.31. The Balaban J connectivity index is 0.000000444. The molecule has 4 aliphatic carbocycles. The van der Waals surface area contributed by atoms with Crippen LogP contribution in [0.15, 0.2) is 24.3 Å². The predicted octanol–water partition coefficient (Wildman–Crippen LogP) is 4.69. The van der Waals surface area contributed by atoms with Gasteiger partial charge in [-0.15, -0.1) is 0 Å². The number of phenolic OH excluding ortho intramolecular Hbond substituents is 1. The van der Waals surface area contributed by atoms with Crippen LogP contribution < -0.4 is 26.6 Å². The van der Waals surface area contributed by atoms with Crippen LogP contribution in [0.1, 0.15) is 114 Å². The number of aliphatic carboxylic acids is 1. The van der Waals surface area contributed by atoms with Gasteiger partial charge in [-0.25, -0.2) is 22.4 Å². The molecule has 408 valence electrons. The molecule has 1 aromatic rings. The lowest BCUT2D eigenvalue weighted by Gasteiger charge is -2.32. The summed E-state index contributed by atoms with van der Waals surface area (Å²) in [6.45, 7) is 0. The summed E-state index contributed by atoms with van der Waals surface area (Å²) in [5.74, 6) is -6.43. The first-order valence-electron chi connectivity index (χ1n) is 24.2. The third kappa shape index (κ3) is 22.9. The van der Waals surface area contributed by atoms with E-state index in [2.05, 4.69) is 36.1 Å². The minimum absolute atomic E-state index is 0.0397. The van der Waals surface area contributed by atoms with Gasteiger partial charge in [-0.2, -0.15) is 0 Å². The summed E-state index contributed by atoms with van der Waals surface area (Å²) in [7, 11) is 13.8. The standard InChI is InChI=1S/C10H17F2NO2.C10H19NO3.C10H17NO3.C10H13NO3.C9H15F2NO2/c1-13-8(9(14)15-2)7-3-5-10(11,12)6-4-7;3*1-11-9(10(13)14-2)7-3-5-8(12)6-4-7;1-12-7(8(13)14)6-2-4-9(10,11)5-3-6/h7-8,13H,3-6H2,1-2H3;7-9,11-12H,3-6H2,1-2H3;7,9,11H,3-6H2,1-2H3;3-6,9,11-12H,1-2H3;6-7,12H,2-5H2,1H3,(H,13,14). The molecule has 0 amide bonds. The van der Waals surface area contributed by atoms with Gasteiger partial charge in [0.15, 0.2) is 0 Å². The first kappa shape index (κ1) is 64.5. The Kier molecular flexibility index (Phi) is 30.3. The highest BCUT2D eigenvalue weighted by molar-refractivity contribution is 5.81. The number of carbonyl (C=O) groups excluding carboxylic acids is 5. The lowest BCUT2D eigenvalue weighted by atomic mass is 9.82. The summed E-state index contributed by atoms with van der Waals surface area (Å²) in [6.07, 6.45) is 6.62. The van der Waals surface area contributed by atoms with Crippen LogP contribution in [-0.2, 0) is 47.7 Å². The highest BCUT2D eigenvalue weighted by Crippen LogP contribution is 2.38. The monoisotopic (exact) mass is 1020 g/mol. The molecule has 5 rings (SSSR count). The van der Waals surface area contributed by atoms with Gasteiger partial charge in [0.1, 0.15) is 41.7 Å². The maximum absolute atomic E-state index is 12.9. The first-order valence-corrected chi connectivity index (χ1v) is 24.2. The van der Waals surface area contributed by atoms with Crippen molar-refractivity contribution in [1.82, 2.24) is 26.6 Å². The van der Waals surface area contributed by atoms with Gasteiger partial charge in [0.25, 0.3) is 0 Å². The van der Waals surface area contributed by atoms with Gasteiger partial charge >= 0.3 is 29.8 Å². The smallest absolute Gasteiger partial charge is 0.327 e. The fraction of sp³-hybridized carbons (Fsp3) is 0.755. The highest BCUT2D eigenvalue weighted by Gasteiger charge is 2.41. The number of nitrogens with one attached hydrogen (secondary N) is 5. The van der Waals surface area contributed by atoms with Gasteiger partial charge in [-0.3, -0.25) is 24.0 Å². The minimum Gasteiger partial charge on any atom is -0.508 e. The molecule has 0 bridgehead atoms. The lowest BCUT2D eigenvalue weighted by molar-refractivity contribution is -0.146. The van der Waals surface area contributed by atoms with Crippen molar-refractivity contribution in [1.29, 1.82) is 0 Å². The van der Waals surface area contributed by atoms with Gasteiger partial charge in [0.05, 0.1) is 34.5 Å². The molecule has 0 saturated heterocycles. The second-order valence-electron chi connectivity index (χ2n) is 18.1. The predicted molar refractivity (Wildman–Crippen MR) is 256 cm³/mol. The number of Topliss-reactive ketones (excluding diaryl/α,β-unsaturated/α-hetero) is 1. The summed E-state index contributed by atoms with van der Waals surface area (Å²) in [5, 5.41) is 41.5. The van der Waals surface area contributed by atoms with Crippen molar-refractivity contribution in [3.05, 3.63) is 29.8 Å². The van der Waals surface area contributed by atoms with Crippen LogP contribution in [0.4, 0.5) is 17.6 Å². The van der Waals surface area contributed by atoms with Crippen LogP contribution in [0.3, 0.4) is 0 Å². The molecule has 18 nitrogen and oxygen atoms in total. The van der Waals surface area contributed by atoms with E-state index in [0.29, 0.717) is 37.4 Å². The van der Waals surface area contributed by atoms with Crippen LogP contribution in [0.2, 0.25) is 0 Å². The number of carboxylic acids is 1. The van der Waals surface area contributed by atoms with Crippen LogP contribution in [0.25, 0.3) is 0 Å². The molecule has 0 heterocycles. The molecule has 0 aliphatic heterocycles. The number of ether oxygens (including phenoxy) is 4. The molecule has 0 spiro atoms. The number of aliphatic hydroxyl groups excluding tert-OH is 1. The normalized spacial score (nSPS) is 22.1. The SMILES string of the molecule is CNC(C(=O)O)C1CCC(F)(F)CC1.CNC(C(=O)OC)C1CCC(=O)CC1.CNC(C(=O)OC)C1CCC(F)(F)CC1.CNC(C(=O)OC)C1CCC(O)CC1.CNC(C(=O)OC)c1ccc(O)cc1. The van der Waals surface area contributed by atoms with Gasteiger partial charge in [0.2, 0.25) is 11.8 Å².